The maximum atomic E-state index is 12.4. The average Bonchev–Trinajstić information content (AvgIpc) is 2.53. The summed E-state index contributed by atoms with van der Waals surface area (Å²) in [6.07, 6.45) is 1.20. The van der Waals surface area contributed by atoms with E-state index in [-0.39, 0.29) is 18.4 Å². The van der Waals surface area contributed by atoms with Crippen molar-refractivity contribution in [2.24, 2.45) is 11.8 Å². The summed E-state index contributed by atoms with van der Waals surface area (Å²) < 4.78 is 5.21. The number of ether oxygens (including phenoxy) is 1. The summed E-state index contributed by atoms with van der Waals surface area (Å²) in [4.78, 5) is 28.4. The highest BCUT2D eigenvalue weighted by molar-refractivity contribution is 6.31. The molecule has 1 N–H and O–H groups in total. The molecule has 144 valence electrons. The molecule has 0 radical (unpaired) electrons. The van der Waals surface area contributed by atoms with Gasteiger partial charge in [-0.05, 0) is 36.5 Å². The van der Waals surface area contributed by atoms with Gasteiger partial charge in [-0.1, -0.05) is 25.4 Å². The van der Waals surface area contributed by atoms with E-state index in [4.69, 9.17) is 16.3 Å². The molecule has 2 amide bonds. The highest BCUT2D eigenvalue weighted by Crippen LogP contribution is 2.27. The van der Waals surface area contributed by atoms with Crippen LogP contribution in [-0.4, -0.2) is 62.0 Å². The summed E-state index contributed by atoms with van der Waals surface area (Å²) in [6.45, 7) is 6.60. The third-order valence-electron chi connectivity index (χ3n) is 4.55. The van der Waals surface area contributed by atoms with Crippen molar-refractivity contribution in [1.29, 1.82) is 0 Å². The lowest BCUT2D eigenvalue weighted by Crippen LogP contribution is -2.46. The fourth-order valence-corrected chi connectivity index (χ4v) is 3.68. The monoisotopic (exact) mass is 381 g/mol. The summed E-state index contributed by atoms with van der Waals surface area (Å²) in [5, 5.41) is 3.25. The molecule has 2 atom stereocenters. The van der Waals surface area contributed by atoms with Crippen LogP contribution in [0.15, 0.2) is 18.2 Å². The second-order valence-corrected chi connectivity index (χ2v) is 7.72. The molecule has 1 aromatic rings. The first-order valence-corrected chi connectivity index (χ1v) is 9.26. The normalized spacial score (nSPS) is 20.5. The van der Waals surface area contributed by atoms with Crippen molar-refractivity contribution in [3.05, 3.63) is 23.2 Å². The molecule has 26 heavy (non-hydrogen) atoms. The van der Waals surface area contributed by atoms with E-state index >= 15 is 0 Å². The summed E-state index contributed by atoms with van der Waals surface area (Å²) in [7, 11) is 3.17. The predicted molar refractivity (Wildman–Crippen MR) is 104 cm³/mol. The van der Waals surface area contributed by atoms with Gasteiger partial charge in [-0.3, -0.25) is 14.5 Å². The van der Waals surface area contributed by atoms with Crippen LogP contribution in [0.1, 0.15) is 20.3 Å². The summed E-state index contributed by atoms with van der Waals surface area (Å²) in [5.74, 6) is 1.36. The molecule has 1 saturated heterocycles. The van der Waals surface area contributed by atoms with Crippen LogP contribution in [0.5, 0.6) is 5.75 Å². The standard InChI is InChI=1S/C19H28ClN3O3/c1-13-7-14(2)10-23(9-13)12-19(25)22(3)11-18(24)21-16-8-15(20)5-6-17(16)26-4/h5-6,8,13-14H,7,9-12H2,1-4H3,(H,21,24)/t13-,14+. The Morgan fingerprint density at radius 3 is 2.58 bits per heavy atom. The Morgan fingerprint density at radius 2 is 1.96 bits per heavy atom. The molecule has 0 aromatic heterocycles. The van der Waals surface area contributed by atoms with Gasteiger partial charge in [0.2, 0.25) is 11.8 Å². The number of likely N-dealkylation sites (N-methyl/N-ethyl adjacent to an activating group) is 1. The average molecular weight is 382 g/mol. The SMILES string of the molecule is COc1ccc(Cl)cc1NC(=O)CN(C)C(=O)CN1C[C@H](C)C[C@H](C)C1. The second-order valence-electron chi connectivity index (χ2n) is 7.28. The van der Waals surface area contributed by atoms with Crippen LogP contribution in [0.2, 0.25) is 5.02 Å². The van der Waals surface area contributed by atoms with E-state index in [9.17, 15) is 9.59 Å². The molecule has 6 nitrogen and oxygen atoms in total. The number of likely N-dealkylation sites (tertiary alicyclic amines) is 1. The number of benzene rings is 1. The largest absolute Gasteiger partial charge is 0.495 e. The van der Waals surface area contributed by atoms with Crippen LogP contribution in [-0.2, 0) is 9.59 Å². The highest BCUT2D eigenvalue weighted by atomic mass is 35.5. The van der Waals surface area contributed by atoms with Crippen molar-refractivity contribution in [3.8, 4) is 5.75 Å². The van der Waals surface area contributed by atoms with Crippen LogP contribution in [0.4, 0.5) is 5.69 Å². The molecule has 1 fully saturated rings. The van der Waals surface area contributed by atoms with Gasteiger partial charge in [-0.2, -0.15) is 0 Å². The van der Waals surface area contributed by atoms with Crippen LogP contribution in [0.3, 0.4) is 0 Å². The van der Waals surface area contributed by atoms with E-state index in [1.807, 2.05) is 0 Å². The lowest BCUT2D eigenvalue weighted by molar-refractivity contribution is -0.134. The summed E-state index contributed by atoms with van der Waals surface area (Å²) in [6, 6.07) is 4.99. The Kier molecular flexibility index (Phi) is 7.29. The van der Waals surface area contributed by atoms with Gasteiger partial charge in [-0.25, -0.2) is 0 Å². The fourth-order valence-electron chi connectivity index (χ4n) is 3.50. The first-order chi connectivity index (χ1) is 12.3. The van der Waals surface area contributed by atoms with Gasteiger partial charge >= 0.3 is 0 Å². The van der Waals surface area contributed by atoms with Crippen LogP contribution in [0, 0.1) is 11.8 Å². The first-order valence-electron chi connectivity index (χ1n) is 8.88. The number of nitrogens with zero attached hydrogens (tertiary/aromatic N) is 2. The molecular formula is C19H28ClN3O3. The third-order valence-corrected chi connectivity index (χ3v) is 4.78. The zero-order valence-corrected chi connectivity index (χ0v) is 16.7. The molecule has 0 bridgehead atoms. The summed E-state index contributed by atoms with van der Waals surface area (Å²) in [5.41, 5.74) is 0.490. The number of hydrogen-bond acceptors (Lipinski definition) is 4. The molecule has 1 heterocycles. The van der Waals surface area contributed by atoms with E-state index in [1.165, 1.54) is 18.4 Å². The lowest BCUT2D eigenvalue weighted by atomic mass is 9.92. The molecule has 7 heteroatoms. The zero-order valence-electron chi connectivity index (χ0n) is 15.9. The van der Waals surface area contributed by atoms with Crippen LogP contribution >= 0.6 is 11.6 Å². The number of piperidine rings is 1. The minimum Gasteiger partial charge on any atom is -0.495 e. The van der Waals surface area contributed by atoms with Crippen LogP contribution in [0.25, 0.3) is 0 Å². The quantitative estimate of drug-likeness (QED) is 0.823. The highest BCUT2D eigenvalue weighted by Gasteiger charge is 2.24. The Balaban J connectivity index is 1.88. The maximum Gasteiger partial charge on any atom is 0.244 e. The van der Waals surface area contributed by atoms with Crippen molar-refractivity contribution >= 4 is 29.1 Å². The molecular weight excluding hydrogens is 354 g/mol. The molecule has 2 rings (SSSR count). The fraction of sp³-hybridized carbons (Fsp3) is 0.579. The molecule has 0 aliphatic carbocycles. The molecule has 0 spiro atoms. The van der Waals surface area contributed by atoms with Gasteiger partial charge in [0.15, 0.2) is 0 Å². The number of nitrogens with one attached hydrogen (secondary N) is 1. The van der Waals surface area contributed by atoms with E-state index in [1.54, 1.807) is 25.2 Å². The smallest absolute Gasteiger partial charge is 0.244 e. The first kappa shape index (κ1) is 20.5. The Morgan fingerprint density at radius 1 is 1.31 bits per heavy atom. The molecule has 1 aliphatic rings. The van der Waals surface area contributed by atoms with Gasteiger partial charge in [0.25, 0.3) is 0 Å². The molecule has 0 saturated carbocycles. The Hall–Kier alpha value is -1.79. The number of methoxy groups -OCH3 is 1. The van der Waals surface area contributed by atoms with E-state index in [2.05, 4.69) is 24.1 Å². The number of carbonyl (C=O) groups is 2. The minimum absolute atomic E-state index is 0.0204. The third kappa shape index (κ3) is 5.88. The number of hydrogen-bond donors (Lipinski definition) is 1. The van der Waals surface area contributed by atoms with Crippen molar-refractivity contribution in [3.63, 3.8) is 0 Å². The zero-order chi connectivity index (χ0) is 19.3. The number of amides is 2. The van der Waals surface area contributed by atoms with Crippen LogP contribution < -0.4 is 10.1 Å². The van der Waals surface area contributed by atoms with Gasteiger partial charge in [0, 0.05) is 25.2 Å². The summed E-state index contributed by atoms with van der Waals surface area (Å²) >= 11 is 5.97. The van der Waals surface area contributed by atoms with E-state index in [0.717, 1.165) is 13.1 Å². The van der Waals surface area contributed by atoms with Crippen molar-refractivity contribution in [2.45, 2.75) is 20.3 Å². The molecule has 0 unspecified atom stereocenters. The number of rotatable bonds is 6. The Bertz CT molecular complexity index is 643. The van der Waals surface area contributed by atoms with Gasteiger partial charge in [0.05, 0.1) is 25.9 Å². The Labute approximate surface area is 160 Å². The van der Waals surface area contributed by atoms with Gasteiger partial charge < -0.3 is 15.0 Å². The maximum absolute atomic E-state index is 12.4. The topological polar surface area (TPSA) is 61.9 Å². The second kappa shape index (κ2) is 9.24. The van der Waals surface area contributed by atoms with Crippen molar-refractivity contribution in [2.75, 3.05) is 45.7 Å². The lowest BCUT2D eigenvalue weighted by Gasteiger charge is -2.35. The predicted octanol–water partition coefficient (Wildman–Crippen LogP) is 2.72. The van der Waals surface area contributed by atoms with Crippen molar-refractivity contribution < 1.29 is 14.3 Å². The number of halogens is 1. The van der Waals surface area contributed by atoms with Gasteiger partial charge in [-0.15, -0.1) is 0 Å². The van der Waals surface area contributed by atoms with Crippen molar-refractivity contribution in [1.82, 2.24) is 9.80 Å². The number of carbonyl (C=O) groups excluding carboxylic acids is 2. The molecule has 1 aromatic carbocycles. The van der Waals surface area contributed by atoms with E-state index in [0.29, 0.717) is 34.8 Å². The van der Waals surface area contributed by atoms with E-state index < -0.39 is 0 Å². The number of anilines is 1. The minimum atomic E-state index is -0.290. The van der Waals surface area contributed by atoms with Gasteiger partial charge in [0.1, 0.15) is 5.75 Å². The molecule has 1 aliphatic heterocycles.